The fourth-order valence-electron chi connectivity index (χ4n) is 0.996. The summed E-state index contributed by atoms with van der Waals surface area (Å²) in [6.07, 6.45) is 0. The number of hydrogen-bond donors (Lipinski definition) is 2. The molecule has 74 valence electrons. The lowest BCUT2D eigenvalue weighted by Crippen LogP contribution is -2.10. The van der Waals surface area contributed by atoms with Crippen molar-refractivity contribution in [2.24, 2.45) is 0 Å². The van der Waals surface area contributed by atoms with Gasteiger partial charge >= 0.3 is 5.97 Å². The van der Waals surface area contributed by atoms with E-state index in [9.17, 15) is 9.59 Å². The van der Waals surface area contributed by atoms with Crippen molar-refractivity contribution in [2.45, 2.75) is 6.92 Å². The summed E-state index contributed by atoms with van der Waals surface area (Å²) in [5.74, 6) is -1.37. The highest BCUT2D eigenvalue weighted by Gasteiger charge is 2.10. The van der Waals surface area contributed by atoms with Crippen molar-refractivity contribution < 1.29 is 14.7 Å². The van der Waals surface area contributed by atoms with Gasteiger partial charge in [-0.1, -0.05) is 15.9 Å². The maximum Gasteiger partial charge on any atom is 0.337 e. The van der Waals surface area contributed by atoms with E-state index in [4.69, 9.17) is 5.11 Å². The van der Waals surface area contributed by atoms with Gasteiger partial charge < -0.3 is 10.4 Å². The second-order valence-electron chi connectivity index (χ2n) is 2.68. The summed E-state index contributed by atoms with van der Waals surface area (Å²) < 4.78 is 0.714. The summed E-state index contributed by atoms with van der Waals surface area (Å²) in [4.78, 5) is 21.5. The SMILES string of the molecule is CC(=O)Nc1cc(Br)ccc1C(=O)O. The summed E-state index contributed by atoms with van der Waals surface area (Å²) in [7, 11) is 0. The van der Waals surface area contributed by atoms with Crippen molar-refractivity contribution in [3.05, 3.63) is 28.2 Å². The van der Waals surface area contributed by atoms with Crippen LogP contribution in [-0.4, -0.2) is 17.0 Å². The number of aromatic carboxylic acids is 1. The first-order valence-corrected chi connectivity index (χ1v) is 4.60. The number of anilines is 1. The standard InChI is InChI=1S/C9H8BrNO3/c1-5(12)11-8-4-6(10)2-3-7(8)9(13)14/h2-4H,1H3,(H,11,12)(H,13,14). The molecule has 5 heteroatoms. The average molecular weight is 258 g/mol. The molecule has 0 fully saturated rings. The van der Waals surface area contributed by atoms with Crippen LogP contribution >= 0.6 is 15.9 Å². The van der Waals surface area contributed by atoms with E-state index in [1.807, 2.05) is 0 Å². The molecule has 0 spiro atoms. The first kappa shape index (κ1) is 10.7. The summed E-state index contributed by atoms with van der Waals surface area (Å²) in [5.41, 5.74) is 0.364. The molecule has 14 heavy (non-hydrogen) atoms. The van der Waals surface area contributed by atoms with Gasteiger partial charge in [-0.15, -0.1) is 0 Å². The molecule has 0 saturated heterocycles. The second kappa shape index (κ2) is 4.23. The first-order chi connectivity index (χ1) is 6.50. The molecule has 1 rings (SSSR count). The second-order valence-corrected chi connectivity index (χ2v) is 3.59. The molecule has 0 radical (unpaired) electrons. The molecule has 0 atom stereocenters. The number of nitrogens with one attached hydrogen (secondary N) is 1. The van der Waals surface area contributed by atoms with Crippen LogP contribution in [0.15, 0.2) is 22.7 Å². The van der Waals surface area contributed by atoms with Gasteiger partial charge in [0.25, 0.3) is 0 Å². The van der Waals surface area contributed by atoms with E-state index in [2.05, 4.69) is 21.2 Å². The van der Waals surface area contributed by atoms with Gasteiger partial charge in [0.05, 0.1) is 11.3 Å². The number of benzene rings is 1. The third-order valence-electron chi connectivity index (χ3n) is 1.52. The van der Waals surface area contributed by atoms with Crippen LogP contribution in [0.5, 0.6) is 0 Å². The number of halogens is 1. The number of carboxylic acids is 1. The van der Waals surface area contributed by atoms with Crippen LogP contribution in [0, 0.1) is 0 Å². The smallest absolute Gasteiger partial charge is 0.337 e. The largest absolute Gasteiger partial charge is 0.478 e. The number of amides is 1. The Morgan fingerprint density at radius 2 is 2.07 bits per heavy atom. The summed E-state index contributed by atoms with van der Waals surface area (Å²) in [5, 5.41) is 11.2. The Labute approximate surface area is 89.1 Å². The molecule has 4 nitrogen and oxygen atoms in total. The Bertz CT molecular complexity index is 390. The predicted molar refractivity (Wildman–Crippen MR) is 55.4 cm³/mol. The topological polar surface area (TPSA) is 66.4 Å². The van der Waals surface area contributed by atoms with Gasteiger partial charge in [-0.2, -0.15) is 0 Å². The van der Waals surface area contributed by atoms with Crippen LogP contribution < -0.4 is 5.32 Å². The number of carboxylic acid groups (broad SMARTS) is 1. The zero-order valence-corrected chi connectivity index (χ0v) is 8.96. The quantitative estimate of drug-likeness (QED) is 0.853. The summed E-state index contributed by atoms with van der Waals surface area (Å²) in [6, 6.07) is 4.58. The molecule has 0 saturated carbocycles. The highest BCUT2D eigenvalue weighted by atomic mass is 79.9. The molecule has 0 bridgehead atoms. The molecule has 1 amide bonds. The van der Waals surface area contributed by atoms with Crippen LogP contribution in [0.3, 0.4) is 0 Å². The lowest BCUT2D eigenvalue weighted by atomic mass is 10.2. The molecule has 0 aromatic heterocycles. The maximum absolute atomic E-state index is 10.8. The maximum atomic E-state index is 10.8. The Balaban J connectivity index is 3.15. The molecular formula is C9H8BrNO3. The van der Waals surface area contributed by atoms with E-state index < -0.39 is 5.97 Å². The van der Waals surface area contributed by atoms with Gasteiger partial charge in [-0.05, 0) is 18.2 Å². The van der Waals surface area contributed by atoms with Gasteiger partial charge in [0.2, 0.25) is 5.91 Å². The van der Waals surface area contributed by atoms with Gasteiger partial charge in [-0.3, -0.25) is 4.79 Å². The fraction of sp³-hybridized carbons (Fsp3) is 0.111. The number of hydrogen-bond acceptors (Lipinski definition) is 2. The average Bonchev–Trinajstić information content (AvgIpc) is 2.01. The van der Waals surface area contributed by atoms with Gasteiger partial charge in [-0.25, -0.2) is 4.79 Å². The Hall–Kier alpha value is -1.36. The van der Waals surface area contributed by atoms with Crippen molar-refractivity contribution in [1.29, 1.82) is 0 Å². The van der Waals surface area contributed by atoms with E-state index in [1.54, 1.807) is 12.1 Å². The monoisotopic (exact) mass is 257 g/mol. The summed E-state index contributed by atoms with van der Waals surface area (Å²) >= 11 is 3.19. The fourth-order valence-corrected chi connectivity index (χ4v) is 1.36. The Kier molecular flexibility index (Phi) is 3.24. The van der Waals surface area contributed by atoms with Gasteiger partial charge in [0.15, 0.2) is 0 Å². The molecule has 2 N–H and O–H groups in total. The summed E-state index contributed by atoms with van der Waals surface area (Å²) in [6.45, 7) is 1.33. The molecule has 0 aliphatic heterocycles. The zero-order valence-electron chi connectivity index (χ0n) is 7.37. The molecule has 0 aliphatic carbocycles. The van der Waals surface area contributed by atoms with E-state index in [-0.39, 0.29) is 11.5 Å². The Morgan fingerprint density at radius 1 is 1.43 bits per heavy atom. The van der Waals surface area contributed by atoms with Crippen molar-refractivity contribution in [2.75, 3.05) is 5.32 Å². The third kappa shape index (κ3) is 2.56. The third-order valence-corrected chi connectivity index (χ3v) is 2.02. The van der Waals surface area contributed by atoms with Crippen molar-refractivity contribution in [3.8, 4) is 0 Å². The Morgan fingerprint density at radius 3 is 2.57 bits per heavy atom. The minimum atomic E-state index is -1.07. The van der Waals surface area contributed by atoms with E-state index in [0.717, 1.165) is 0 Å². The van der Waals surface area contributed by atoms with E-state index in [0.29, 0.717) is 10.2 Å². The van der Waals surface area contributed by atoms with Crippen LogP contribution in [0.2, 0.25) is 0 Å². The molecular weight excluding hydrogens is 250 g/mol. The highest BCUT2D eigenvalue weighted by molar-refractivity contribution is 9.10. The lowest BCUT2D eigenvalue weighted by molar-refractivity contribution is -0.114. The number of rotatable bonds is 2. The van der Waals surface area contributed by atoms with Crippen molar-refractivity contribution >= 4 is 33.5 Å². The van der Waals surface area contributed by atoms with Gasteiger partial charge in [0.1, 0.15) is 0 Å². The number of carbonyl (C=O) groups is 2. The van der Waals surface area contributed by atoms with Crippen molar-refractivity contribution in [1.82, 2.24) is 0 Å². The minimum Gasteiger partial charge on any atom is -0.478 e. The lowest BCUT2D eigenvalue weighted by Gasteiger charge is -2.06. The van der Waals surface area contributed by atoms with Crippen LogP contribution in [0.25, 0.3) is 0 Å². The zero-order chi connectivity index (χ0) is 10.7. The van der Waals surface area contributed by atoms with Crippen LogP contribution in [-0.2, 0) is 4.79 Å². The predicted octanol–water partition coefficient (Wildman–Crippen LogP) is 2.11. The van der Waals surface area contributed by atoms with E-state index in [1.165, 1.54) is 13.0 Å². The first-order valence-electron chi connectivity index (χ1n) is 3.81. The molecule has 1 aromatic carbocycles. The normalized spacial score (nSPS) is 9.57. The molecule has 0 aliphatic rings. The molecule has 1 aromatic rings. The van der Waals surface area contributed by atoms with Crippen LogP contribution in [0.4, 0.5) is 5.69 Å². The van der Waals surface area contributed by atoms with Gasteiger partial charge in [0, 0.05) is 11.4 Å². The molecule has 0 unspecified atom stereocenters. The highest BCUT2D eigenvalue weighted by Crippen LogP contribution is 2.21. The number of carbonyl (C=O) groups excluding carboxylic acids is 1. The van der Waals surface area contributed by atoms with E-state index >= 15 is 0 Å². The van der Waals surface area contributed by atoms with Crippen LogP contribution in [0.1, 0.15) is 17.3 Å². The molecule has 0 heterocycles. The minimum absolute atomic E-state index is 0.0726. The van der Waals surface area contributed by atoms with Crippen molar-refractivity contribution in [3.63, 3.8) is 0 Å².